The summed E-state index contributed by atoms with van der Waals surface area (Å²) in [6.45, 7) is 2.11. The van der Waals surface area contributed by atoms with Gasteiger partial charge in [0.1, 0.15) is 5.82 Å². The van der Waals surface area contributed by atoms with Gasteiger partial charge in [-0.2, -0.15) is 0 Å². The molecule has 5 heteroatoms. The Balaban J connectivity index is 2.02. The zero-order valence-corrected chi connectivity index (χ0v) is 8.43. The summed E-state index contributed by atoms with van der Waals surface area (Å²) in [7, 11) is 0. The van der Waals surface area contributed by atoms with Crippen LogP contribution in [0.3, 0.4) is 0 Å². The molecule has 0 radical (unpaired) electrons. The molecule has 1 fully saturated rings. The van der Waals surface area contributed by atoms with E-state index in [2.05, 4.69) is 20.5 Å². The van der Waals surface area contributed by atoms with Crippen LogP contribution in [0.15, 0.2) is 18.5 Å². The van der Waals surface area contributed by atoms with E-state index < -0.39 is 0 Å². The van der Waals surface area contributed by atoms with Crippen LogP contribution in [0.25, 0.3) is 5.78 Å². The van der Waals surface area contributed by atoms with Gasteiger partial charge in [-0.25, -0.2) is 4.98 Å². The maximum Gasteiger partial charge on any atom is 0.254 e. The van der Waals surface area contributed by atoms with Crippen LogP contribution in [0.4, 0.5) is 0 Å². The maximum atomic E-state index is 4.23. The van der Waals surface area contributed by atoms with Crippen LogP contribution in [0.2, 0.25) is 0 Å². The van der Waals surface area contributed by atoms with E-state index in [0.29, 0.717) is 11.7 Å². The van der Waals surface area contributed by atoms with Crippen LogP contribution in [-0.2, 0) is 0 Å². The average Bonchev–Trinajstić information content (AvgIpc) is 2.74. The van der Waals surface area contributed by atoms with E-state index in [1.807, 2.05) is 16.7 Å². The van der Waals surface area contributed by atoms with E-state index in [-0.39, 0.29) is 0 Å². The third-order valence-electron chi connectivity index (χ3n) is 2.88. The molecular weight excluding hydrogens is 190 g/mol. The molecule has 78 valence electrons. The summed E-state index contributed by atoms with van der Waals surface area (Å²) in [5.74, 6) is 2.20. The van der Waals surface area contributed by atoms with Crippen molar-refractivity contribution in [3.63, 3.8) is 0 Å². The second-order valence-corrected chi connectivity index (χ2v) is 3.89. The molecule has 1 saturated heterocycles. The number of hydrogen-bond donors (Lipinski definition) is 1. The zero-order chi connectivity index (χ0) is 10.1. The topological polar surface area (TPSA) is 55.1 Å². The molecule has 0 saturated carbocycles. The van der Waals surface area contributed by atoms with E-state index in [1.54, 1.807) is 6.20 Å². The molecule has 1 atom stereocenters. The Morgan fingerprint density at radius 2 is 2.40 bits per heavy atom. The quantitative estimate of drug-likeness (QED) is 0.737. The number of piperidine rings is 1. The molecule has 2 aromatic heterocycles. The molecule has 2 aromatic rings. The highest BCUT2D eigenvalue weighted by Gasteiger charge is 2.20. The Morgan fingerprint density at radius 3 is 3.27 bits per heavy atom. The third-order valence-corrected chi connectivity index (χ3v) is 2.88. The lowest BCUT2D eigenvalue weighted by Gasteiger charge is -2.20. The fourth-order valence-electron chi connectivity index (χ4n) is 2.11. The predicted molar refractivity (Wildman–Crippen MR) is 55.6 cm³/mol. The summed E-state index contributed by atoms with van der Waals surface area (Å²) >= 11 is 0. The summed E-state index contributed by atoms with van der Waals surface area (Å²) in [6.07, 6.45) is 6.11. The first-order chi connectivity index (χ1) is 7.45. The van der Waals surface area contributed by atoms with Crippen LogP contribution in [0.5, 0.6) is 0 Å². The zero-order valence-electron chi connectivity index (χ0n) is 8.43. The minimum absolute atomic E-state index is 0.470. The van der Waals surface area contributed by atoms with Crippen molar-refractivity contribution >= 4 is 5.78 Å². The third kappa shape index (κ3) is 1.48. The van der Waals surface area contributed by atoms with Gasteiger partial charge in [-0.15, -0.1) is 10.2 Å². The first-order valence-electron chi connectivity index (χ1n) is 5.31. The summed E-state index contributed by atoms with van der Waals surface area (Å²) in [5.41, 5.74) is 0. The first-order valence-corrected chi connectivity index (χ1v) is 5.31. The molecule has 3 heterocycles. The van der Waals surface area contributed by atoms with Crippen LogP contribution in [0, 0.1) is 0 Å². The van der Waals surface area contributed by atoms with Crippen molar-refractivity contribution in [3.8, 4) is 0 Å². The lowest BCUT2D eigenvalue weighted by atomic mass is 9.99. The lowest BCUT2D eigenvalue weighted by molar-refractivity contribution is 0.444. The predicted octanol–water partition coefficient (Wildman–Crippen LogP) is 0.591. The van der Waals surface area contributed by atoms with Gasteiger partial charge in [-0.05, 0) is 25.5 Å². The average molecular weight is 203 g/mol. The molecule has 0 aromatic carbocycles. The van der Waals surface area contributed by atoms with Crippen LogP contribution in [-0.4, -0.2) is 32.7 Å². The normalized spacial score (nSPS) is 22.0. The van der Waals surface area contributed by atoms with Crippen molar-refractivity contribution < 1.29 is 0 Å². The SMILES string of the molecule is c1cnc2nnc(C3CCCNC3)n2c1. The molecule has 0 spiro atoms. The number of nitrogens with zero attached hydrogens (tertiary/aromatic N) is 4. The van der Waals surface area contributed by atoms with Gasteiger partial charge in [0.15, 0.2) is 0 Å². The van der Waals surface area contributed by atoms with Gasteiger partial charge in [-0.1, -0.05) is 0 Å². The van der Waals surface area contributed by atoms with Gasteiger partial charge in [0.2, 0.25) is 0 Å². The molecule has 1 aliphatic heterocycles. The van der Waals surface area contributed by atoms with Crippen LogP contribution < -0.4 is 5.32 Å². The molecule has 0 aliphatic carbocycles. The molecule has 1 N–H and O–H groups in total. The number of nitrogens with one attached hydrogen (secondary N) is 1. The van der Waals surface area contributed by atoms with Crippen molar-refractivity contribution in [2.24, 2.45) is 0 Å². The van der Waals surface area contributed by atoms with Crippen LogP contribution in [0.1, 0.15) is 24.6 Å². The Bertz CT molecular complexity index is 458. The van der Waals surface area contributed by atoms with Crippen molar-refractivity contribution in [3.05, 3.63) is 24.3 Å². The van der Waals surface area contributed by atoms with Crippen molar-refractivity contribution in [2.45, 2.75) is 18.8 Å². The molecule has 1 aliphatic rings. The van der Waals surface area contributed by atoms with E-state index in [9.17, 15) is 0 Å². The van der Waals surface area contributed by atoms with Gasteiger partial charge in [0.25, 0.3) is 5.78 Å². The molecule has 1 unspecified atom stereocenters. The standard InChI is InChI=1S/C10H13N5/c1-3-8(7-11-4-1)9-13-14-10-12-5-2-6-15(9)10/h2,5-6,8,11H,1,3-4,7H2. The van der Waals surface area contributed by atoms with E-state index in [1.165, 1.54) is 12.8 Å². The minimum atomic E-state index is 0.470. The van der Waals surface area contributed by atoms with Crippen molar-refractivity contribution in [2.75, 3.05) is 13.1 Å². The Labute approximate surface area is 87.5 Å². The highest BCUT2D eigenvalue weighted by molar-refractivity contribution is 5.27. The van der Waals surface area contributed by atoms with Gasteiger partial charge in [0, 0.05) is 24.9 Å². The minimum Gasteiger partial charge on any atom is -0.316 e. The lowest BCUT2D eigenvalue weighted by Crippen LogP contribution is -2.29. The molecule has 5 nitrogen and oxygen atoms in total. The summed E-state index contributed by atoms with van der Waals surface area (Å²) in [6, 6.07) is 1.91. The maximum absolute atomic E-state index is 4.23. The second kappa shape index (κ2) is 3.58. The van der Waals surface area contributed by atoms with Gasteiger partial charge in [-0.3, -0.25) is 4.40 Å². The summed E-state index contributed by atoms with van der Waals surface area (Å²) < 4.78 is 1.98. The second-order valence-electron chi connectivity index (χ2n) is 3.89. The fraction of sp³-hybridized carbons (Fsp3) is 0.500. The van der Waals surface area contributed by atoms with Gasteiger partial charge >= 0.3 is 0 Å². The van der Waals surface area contributed by atoms with Gasteiger partial charge in [0.05, 0.1) is 0 Å². The van der Waals surface area contributed by atoms with Crippen molar-refractivity contribution in [1.29, 1.82) is 0 Å². The summed E-state index contributed by atoms with van der Waals surface area (Å²) in [4.78, 5) is 4.17. The smallest absolute Gasteiger partial charge is 0.254 e. The number of rotatable bonds is 1. The molecule has 0 amide bonds. The highest BCUT2D eigenvalue weighted by Crippen LogP contribution is 2.21. The molecule has 0 bridgehead atoms. The molecule has 3 rings (SSSR count). The molecule has 15 heavy (non-hydrogen) atoms. The van der Waals surface area contributed by atoms with E-state index in [4.69, 9.17) is 0 Å². The van der Waals surface area contributed by atoms with E-state index in [0.717, 1.165) is 18.9 Å². The Morgan fingerprint density at radius 1 is 1.40 bits per heavy atom. The molecular formula is C10H13N5. The number of hydrogen-bond acceptors (Lipinski definition) is 4. The largest absolute Gasteiger partial charge is 0.316 e. The Hall–Kier alpha value is -1.49. The number of fused-ring (bicyclic) bond motifs is 1. The van der Waals surface area contributed by atoms with Crippen LogP contribution >= 0.6 is 0 Å². The monoisotopic (exact) mass is 203 g/mol. The van der Waals surface area contributed by atoms with Crippen molar-refractivity contribution in [1.82, 2.24) is 24.9 Å². The number of aromatic nitrogens is 4. The first kappa shape index (κ1) is 8.79. The van der Waals surface area contributed by atoms with E-state index >= 15 is 0 Å². The Kier molecular flexibility index (Phi) is 2.10. The highest BCUT2D eigenvalue weighted by atomic mass is 15.3. The fourth-order valence-corrected chi connectivity index (χ4v) is 2.11. The van der Waals surface area contributed by atoms with Gasteiger partial charge < -0.3 is 5.32 Å². The summed E-state index contributed by atoms with van der Waals surface area (Å²) in [5, 5.41) is 11.7.